The van der Waals surface area contributed by atoms with Crippen LogP contribution in [0.3, 0.4) is 0 Å². The van der Waals surface area contributed by atoms with Crippen molar-refractivity contribution in [2.45, 2.75) is 6.92 Å². The van der Waals surface area contributed by atoms with E-state index in [0.29, 0.717) is 0 Å². The molecule has 3 N–H and O–H groups in total. The van der Waals surface area contributed by atoms with E-state index in [-0.39, 0.29) is 11.5 Å². The van der Waals surface area contributed by atoms with Crippen molar-refractivity contribution in [1.82, 2.24) is 0 Å². The Balaban J connectivity index is 0.000000261. The Morgan fingerprint density at radius 2 is 1.58 bits per heavy atom. The molecule has 4 nitrogen and oxygen atoms in total. The topological polar surface area (TPSA) is 77.8 Å². The fourth-order valence-electron chi connectivity index (χ4n) is 0.493. The molecule has 0 aliphatic heterocycles. The van der Waals surface area contributed by atoms with Crippen molar-refractivity contribution in [3.8, 4) is 11.5 Å². The summed E-state index contributed by atoms with van der Waals surface area (Å²) >= 11 is 0. The van der Waals surface area contributed by atoms with E-state index in [1.54, 1.807) is 6.07 Å². The summed E-state index contributed by atoms with van der Waals surface area (Å²) in [4.78, 5) is 9.00. The van der Waals surface area contributed by atoms with Gasteiger partial charge in [0.25, 0.3) is 5.97 Å². The number of hydrogen-bond acceptors (Lipinski definition) is 3. The Morgan fingerprint density at radius 3 is 1.75 bits per heavy atom. The van der Waals surface area contributed by atoms with Crippen LogP contribution >= 0.6 is 0 Å². The molecule has 0 aliphatic rings. The molecule has 4 heteroatoms. The summed E-state index contributed by atoms with van der Waals surface area (Å²) in [6.07, 6.45) is 0. The lowest BCUT2D eigenvalue weighted by molar-refractivity contribution is -0.134. The van der Waals surface area contributed by atoms with Gasteiger partial charge in [0.15, 0.2) is 0 Å². The highest BCUT2D eigenvalue weighted by Gasteiger charge is 1.85. The highest BCUT2D eigenvalue weighted by Crippen LogP contribution is 2.14. The summed E-state index contributed by atoms with van der Waals surface area (Å²) < 4.78 is 0. The normalized spacial score (nSPS) is 8.08. The van der Waals surface area contributed by atoms with Gasteiger partial charge in [-0.25, -0.2) is 0 Å². The van der Waals surface area contributed by atoms with Gasteiger partial charge in [-0.15, -0.1) is 0 Å². The molecule has 1 aromatic carbocycles. The molecule has 0 atom stereocenters. The van der Waals surface area contributed by atoms with E-state index in [1.165, 1.54) is 18.2 Å². The van der Waals surface area contributed by atoms with Crippen LogP contribution in [0.2, 0.25) is 0 Å². The zero-order chi connectivity index (χ0) is 9.56. The Kier molecular flexibility index (Phi) is 4.30. The van der Waals surface area contributed by atoms with Crippen molar-refractivity contribution in [2.24, 2.45) is 0 Å². The zero-order valence-electron chi connectivity index (χ0n) is 6.56. The van der Waals surface area contributed by atoms with Gasteiger partial charge >= 0.3 is 0 Å². The van der Waals surface area contributed by atoms with Gasteiger partial charge in [0.2, 0.25) is 0 Å². The van der Waals surface area contributed by atoms with E-state index < -0.39 is 5.97 Å². The van der Waals surface area contributed by atoms with Gasteiger partial charge in [-0.3, -0.25) is 4.79 Å². The van der Waals surface area contributed by atoms with E-state index >= 15 is 0 Å². The number of carbonyl (C=O) groups is 1. The Hall–Kier alpha value is -1.71. The number of benzene rings is 1. The van der Waals surface area contributed by atoms with Gasteiger partial charge < -0.3 is 15.3 Å². The smallest absolute Gasteiger partial charge is 0.300 e. The molecule has 0 fully saturated rings. The van der Waals surface area contributed by atoms with Gasteiger partial charge in [0.1, 0.15) is 11.5 Å². The molecule has 1 aromatic rings. The second-order valence-corrected chi connectivity index (χ2v) is 2.04. The van der Waals surface area contributed by atoms with Crippen LogP contribution in [-0.2, 0) is 4.79 Å². The summed E-state index contributed by atoms with van der Waals surface area (Å²) in [5, 5.41) is 24.7. The molecule has 0 spiro atoms. The zero-order valence-corrected chi connectivity index (χ0v) is 6.56. The second-order valence-electron chi connectivity index (χ2n) is 2.04. The average Bonchev–Trinajstić information content (AvgIpc) is 1.84. The molecule has 0 bridgehead atoms. The molecule has 0 unspecified atom stereocenters. The fraction of sp³-hybridized carbons (Fsp3) is 0.125. The molecule has 0 saturated carbocycles. The van der Waals surface area contributed by atoms with Gasteiger partial charge in [-0.05, 0) is 12.1 Å². The van der Waals surface area contributed by atoms with Gasteiger partial charge in [0.05, 0.1) is 0 Å². The lowest BCUT2D eigenvalue weighted by atomic mass is 10.3. The van der Waals surface area contributed by atoms with Crippen LogP contribution in [0.15, 0.2) is 24.3 Å². The predicted octanol–water partition coefficient (Wildman–Crippen LogP) is 1.19. The lowest BCUT2D eigenvalue weighted by Crippen LogP contribution is -1.78. The minimum absolute atomic E-state index is 0.0880. The number of phenols is 2. The van der Waals surface area contributed by atoms with Crippen LogP contribution in [0.5, 0.6) is 11.5 Å². The third-order valence-corrected chi connectivity index (χ3v) is 0.830. The maximum absolute atomic E-state index is 9.00. The number of hydrogen-bond donors (Lipinski definition) is 3. The van der Waals surface area contributed by atoms with Crippen molar-refractivity contribution in [3.05, 3.63) is 24.3 Å². The second kappa shape index (κ2) is 5.01. The number of carboxylic acids is 1. The van der Waals surface area contributed by atoms with Crippen molar-refractivity contribution in [1.29, 1.82) is 0 Å². The first kappa shape index (κ1) is 10.3. The Morgan fingerprint density at radius 1 is 1.25 bits per heavy atom. The molecule has 0 amide bonds. The summed E-state index contributed by atoms with van der Waals surface area (Å²) in [6.45, 7) is 1.08. The van der Waals surface area contributed by atoms with E-state index in [4.69, 9.17) is 20.1 Å². The monoisotopic (exact) mass is 170 g/mol. The standard InChI is InChI=1S/C6H6O2.C2H4O2/c7-5-2-1-3-6(8)4-5;1-2(3)4/h1-4,7-8H;1H3,(H,3,4). The number of aliphatic carboxylic acids is 1. The molecule has 0 heterocycles. The highest BCUT2D eigenvalue weighted by molar-refractivity contribution is 5.62. The van der Waals surface area contributed by atoms with Crippen molar-refractivity contribution < 1.29 is 20.1 Å². The Labute approximate surface area is 69.7 Å². The van der Waals surface area contributed by atoms with Gasteiger partial charge in [0, 0.05) is 13.0 Å². The van der Waals surface area contributed by atoms with E-state index in [0.717, 1.165) is 6.92 Å². The van der Waals surface area contributed by atoms with Crippen LogP contribution < -0.4 is 0 Å². The van der Waals surface area contributed by atoms with Crippen LogP contribution in [0.4, 0.5) is 0 Å². The molecule has 0 saturated heterocycles. The largest absolute Gasteiger partial charge is 0.508 e. The maximum Gasteiger partial charge on any atom is 0.300 e. The molecule has 0 aromatic heterocycles. The minimum atomic E-state index is -0.833. The van der Waals surface area contributed by atoms with Crippen LogP contribution in [0.25, 0.3) is 0 Å². The predicted molar refractivity (Wildman–Crippen MR) is 43.1 cm³/mol. The van der Waals surface area contributed by atoms with E-state index in [1.807, 2.05) is 0 Å². The molecule has 1 rings (SSSR count). The molecule has 0 radical (unpaired) electrons. The molecular formula is C8H10O4. The van der Waals surface area contributed by atoms with Crippen molar-refractivity contribution in [3.63, 3.8) is 0 Å². The van der Waals surface area contributed by atoms with Crippen molar-refractivity contribution in [2.75, 3.05) is 0 Å². The number of phenolic OH excluding ortho intramolecular Hbond substituents is 2. The third kappa shape index (κ3) is 6.41. The molecular weight excluding hydrogens is 160 g/mol. The average molecular weight is 170 g/mol. The number of rotatable bonds is 0. The van der Waals surface area contributed by atoms with Crippen molar-refractivity contribution >= 4 is 5.97 Å². The van der Waals surface area contributed by atoms with E-state index in [9.17, 15) is 0 Å². The summed E-state index contributed by atoms with van der Waals surface area (Å²) in [7, 11) is 0. The minimum Gasteiger partial charge on any atom is -0.508 e. The maximum atomic E-state index is 9.00. The van der Waals surface area contributed by atoms with Gasteiger partial charge in [-0.1, -0.05) is 6.07 Å². The Bertz CT molecular complexity index is 236. The first-order chi connectivity index (χ1) is 5.52. The SMILES string of the molecule is CC(=O)O.Oc1cccc(O)c1. The molecule has 12 heavy (non-hydrogen) atoms. The van der Waals surface area contributed by atoms with E-state index in [2.05, 4.69) is 0 Å². The molecule has 66 valence electrons. The first-order valence-corrected chi connectivity index (χ1v) is 3.20. The third-order valence-electron chi connectivity index (χ3n) is 0.830. The van der Waals surface area contributed by atoms with Crippen LogP contribution in [-0.4, -0.2) is 21.3 Å². The summed E-state index contributed by atoms with van der Waals surface area (Å²) in [5.41, 5.74) is 0. The summed E-state index contributed by atoms with van der Waals surface area (Å²) in [5.74, 6) is -0.657. The van der Waals surface area contributed by atoms with Crippen LogP contribution in [0.1, 0.15) is 6.92 Å². The van der Waals surface area contributed by atoms with Gasteiger partial charge in [-0.2, -0.15) is 0 Å². The first-order valence-electron chi connectivity index (χ1n) is 3.20. The van der Waals surface area contributed by atoms with Crippen LogP contribution in [0, 0.1) is 0 Å². The highest BCUT2D eigenvalue weighted by atomic mass is 16.4. The fourth-order valence-corrected chi connectivity index (χ4v) is 0.493. The number of carboxylic acid groups (broad SMARTS) is 1. The number of aromatic hydroxyl groups is 2. The molecule has 0 aliphatic carbocycles. The quantitative estimate of drug-likeness (QED) is 0.546. The summed E-state index contributed by atoms with van der Waals surface area (Å²) in [6, 6.07) is 5.85. The lowest BCUT2D eigenvalue weighted by Gasteiger charge is -1.89.